The Balaban J connectivity index is 2.16. The van der Waals surface area contributed by atoms with Crippen LogP contribution in [0, 0.1) is 4.64 Å². The predicted octanol–water partition coefficient (Wildman–Crippen LogP) is 3.14. The van der Waals surface area contributed by atoms with E-state index in [1.54, 1.807) is 11.3 Å². The molecule has 3 nitrogen and oxygen atoms in total. The van der Waals surface area contributed by atoms with E-state index in [4.69, 9.17) is 12.2 Å². The lowest BCUT2D eigenvalue weighted by Crippen LogP contribution is -2.08. The lowest BCUT2D eigenvalue weighted by molar-refractivity contribution is 0.661. The number of fused-ring (bicyclic) bond motifs is 1. The first-order valence-electron chi connectivity index (χ1n) is 5.35. The fourth-order valence-electron chi connectivity index (χ4n) is 2.07. The number of rotatable bonds is 1. The molecule has 82 valence electrons. The Hall–Kier alpha value is -1.07. The number of hydrogen-bond acceptors (Lipinski definition) is 4. The minimum absolute atomic E-state index is 0.747. The van der Waals surface area contributed by atoms with Crippen molar-refractivity contribution in [1.29, 1.82) is 0 Å². The summed E-state index contributed by atoms with van der Waals surface area (Å²) in [5, 5.41) is 1.99. The Bertz CT molecular complexity index is 557. The number of aryl methyl sites for hydroxylation is 1. The molecule has 16 heavy (non-hydrogen) atoms. The number of H-pyrrole nitrogens is 1. The minimum atomic E-state index is 0.747. The fourth-order valence-corrected chi connectivity index (χ4v) is 2.92. The van der Waals surface area contributed by atoms with E-state index >= 15 is 0 Å². The van der Waals surface area contributed by atoms with Gasteiger partial charge in [-0.3, -0.25) is 0 Å². The largest absolute Gasteiger partial charge is 0.342 e. The second-order valence-corrected chi connectivity index (χ2v) is 5.03. The smallest absolute Gasteiger partial charge is 0.158 e. The van der Waals surface area contributed by atoms with E-state index in [9.17, 15) is 0 Å². The summed E-state index contributed by atoms with van der Waals surface area (Å²) in [5.41, 5.74) is 5.20. The lowest BCUT2D eigenvalue weighted by atomic mass is 9.97. The molecule has 0 aliphatic heterocycles. The minimum Gasteiger partial charge on any atom is -0.342 e. The molecule has 0 radical (unpaired) electrons. The number of nitrogens with zero attached hydrogens (tertiary/aromatic N) is 2. The topological polar surface area (TPSA) is 41.6 Å². The van der Waals surface area contributed by atoms with E-state index in [2.05, 4.69) is 15.0 Å². The Morgan fingerprint density at radius 2 is 2.19 bits per heavy atom. The average Bonchev–Trinajstić information content (AvgIpc) is 2.82. The molecule has 5 heteroatoms. The van der Waals surface area contributed by atoms with Gasteiger partial charge in [0.15, 0.2) is 5.82 Å². The molecule has 2 aromatic rings. The quantitative estimate of drug-likeness (QED) is 0.789. The van der Waals surface area contributed by atoms with Crippen molar-refractivity contribution >= 4 is 23.6 Å². The maximum Gasteiger partial charge on any atom is 0.158 e. The van der Waals surface area contributed by atoms with Gasteiger partial charge in [-0.2, -0.15) is 0 Å². The second kappa shape index (κ2) is 4.07. The van der Waals surface area contributed by atoms with Crippen LogP contribution < -0.4 is 0 Å². The molecule has 0 amide bonds. The molecule has 3 rings (SSSR count). The van der Waals surface area contributed by atoms with Crippen molar-refractivity contribution in [2.75, 3.05) is 0 Å². The molecule has 0 unspecified atom stereocenters. The van der Waals surface area contributed by atoms with Crippen LogP contribution in [0.3, 0.4) is 0 Å². The van der Waals surface area contributed by atoms with E-state index in [0.29, 0.717) is 0 Å². The van der Waals surface area contributed by atoms with E-state index in [0.717, 1.165) is 29.0 Å². The zero-order valence-electron chi connectivity index (χ0n) is 8.69. The Kier molecular flexibility index (Phi) is 2.57. The van der Waals surface area contributed by atoms with E-state index < -0.39 is 0 Å². The van der Waals surface area contributed by atoms with Crippen LogP contribution in [0.5, 0.6) is 0 Å². The van der Waals surface area contributed by atoms with Gasteiger partial charge in [0.05, 0.1) is 5.51 Å². The Morgan fingerprint density at radius 3 is 3.00 bits per heavy atom. The summed E-state index contributed by atoms with van der Waals surface area (Å²) in [4.78, 5) is 12.1. The van der Waals surface area contributed by atoms with Crippen molar-refractivity contribution in [1.82, 2.24) is 15.0 Å². The SMILES string of the molecule is S=c1nc(-c2cscn2)[nH]c2c1CCCC2. The van der Waals surface area contributed by atoms with Crippen LogP contribution in [-0.2, 0) is 12.8 Å². The Labute approximate surface area is 103 Å². The molecule has 2 heterocycles. The molecular formula is C11H11N3S2. The molecule has 1 aliphatic rings. The lowest BCUT2D eigenvalue weighted by Gasteiger charge is -2.15. The Morgan fingerprint density at radius 1 is 1.31 bits per heavy atom. The van der Waals surface area contributed by atoms with Crippen molar-refractivity contribution in [3.63, 3.8) is 0 Å². The van der Waals surface area contributed by atoms with Gasteiger partial charge < -0.3 is 4.98 Å². The van der Waals surface area contributed by atoms with Gasteiger partial charge in [-0.15, -0.1) is 11.3 Å². The van der Waals surface area contributed by atoms with Crippen LogP contribution >= 0.6 is 23.6 Å². The fraction of sp³-hybridized carbons (Fsp3) is 0.364. The van der Waals surface area contributed by atoms with Crippen molar-refractivity contribution in [2.24, 2.45) is 0 Å². The summed E-state index contributed by atoms with van der Waals surface area (Å²) < 4.78 is 0.747. The monoisotopic (exact) mass is 249 g/mol. The van der Waals surface area contributed by atoms with E-state index in [1.165, 1.54) is 24.1 Å². The number of aromatic amines is 1. The summed E-state index contributed by atoms with van der Waals surface area (Å²) in [7, 11) is 0. The van der Waals surface area contributed by atoms with Crippen LogP contribution in [0.2, 0.25) is 0 Å². The number of hydrogen-bond donors (Lipinski definition) is 1. The van der Waals surface area contributed by atoms with Gasteiger partial charge in [-0.1, -0.05) is 12.2 Å². The van der Waals surface area contributed by atoms with Crippen LogP contribution in [0.25, 0.3) is 11.5 Å². The standard InChI is InChI=1S/C11H11N3S2/c15-11-7-3-1-2-4-8(7)13-10(14-11)9-5-16-6-12-9/h5-6H,1-4H2,(H,13,14,15). The molecule has 0 atom stereocenters. The van der Waals surface area contributed by atoms with Gasteiger partial charge in [-0.05, 0) is 25.7 Å². The predicted molar refractivity (Wildman–Crippen MR) is 67.2 cm³/mol. The van der Waals surface area contributed by atoms with Crippen LogP contribution in [-0.4, -0.2) is 15.0 Å². The molecule has 0 saturated carbocycles. The molecule has 0 saturated heterocycles. The first-order chi connectivity index (χ1) is 7.84. The third-order valence-electron chi connectivity index (χ3n) is 2.88. The summed E-state index contributed by atoms with van der Waals surface area (Å²) in [5.74, 6) is 0.812. The van der Waals surface area contributed by atoms with Crippen molar-refractivity contribution in [3.8, 4) is 11.5 Å². The summed E-state index contributed by atoms with van der Waals surface area (Å²) in [6.45, 7) is 0. The molecule has 0 aromatic carbocycles. The first-order valence-corrected chi connectivity index (χ1v) is 6.70. The highest BCUT2D eigenvalue weighted by Crippen LogP contribution is 2.23. The summed E-state index contributed by atoms with van der Waals surface area (Å²) in [6.07, 6.45) is 4.61. The molecule has 0 fully saturated rings. The van der Waals surface area contributed by atoms with Gasteiger partial charge in [-0.25, -0.2) is 9.97 Å². The summed E-state index contributed by atoms with van der Waals surface area (Å²) in [6, 6.07) is 0. The molecule has 0 bridgehead atoms. The van der Waals surface area contributed by atoms with Gasteiger partial charge in [0, 0.05) is 16.6 Å². The maximum atomic E-state index is 5.34. The van der Waals surface area contributed by atoms with Crippen LogP contribution in [0.1, 0.15) is 24.1 Å². The zero-order chi connectivity index (χ0) is 11.0. The van der Waals surface area contributed by atoms with Crippen molar-refractivity contribution < 1.29 is 0 Å². The van der Waals surface area contributed by atoms with Crippen molar-refractivity contribution in [2.45, 2.75) is 25.7 Å². The highest BCUT2D eigenvalue weighted by Gasteiger charge is 2.14. The third kappa shape index (κ3) is 1.70. The van der Waals surface area contributed by atoms with Gasteiger partial charge in [0.25, 0.3) is 0 Å². The van der Waals surface area contributed by atoms with Crippen LogP contribution in [0.4, 0.5) is 0 Å². The highest BCUT2D eigenvalue weighted by atomic mass is 32.1. The number of nitrogens with one attached hydrogen (secondary N) is 1. The van der Waals surface area contributed by atoms with Gasteiger partial charge >= 0.3 is 0 Å². The van der Waals surface area contributed by atoms with E-state index in [1.807, 2.05) is 10.9 Å². The molecule has 0 spiro atoms. The van der Waals surface area contributed by atoms with Crippen molar-refractivity contribution in [3.05, 3.63) is 26.8 Å². The maximum absolute atomic E-state index is 5.34. The molecule has 1 N–H and O–H groups in total. The normalized spacial score (nSPS) is 14.8. The third-order valence-corrected chi connectivity index (χ3v) is 3.81. The first kappa shape index (κ1) is 10.1. The van der Waals surface area contributed by atoms with E-state index in [-0.39, 0.29) is 0 Å². The molecule has 2 aromatic heterocycles. The van der Waals surface area contributed by atoms with Crippen LogP contribution in [0.15, 0.2) is 10.9 Å². The summed E-state index contributed by atoms with van der Waals surface area (Å²) >= 11 is 6.92. The molecule has 1 aliphatic carbocycles. The zero-order valence-corrected chi connectivity index (χ0v) is 10.3. The second-order valence-electron chi connectivity index (χ2n) is 3.93. The molecular weight excluding hydrogens is 238 g/mol. The number of aromatic nitrogens is 3. The van der Waals surface area contributed by atoms with Gasteiger partial charge in [0.2, 0.25) is 0 Å². The van der Waals surface area contributed by atoms with Gasteiger partial charge in [0.1, 0.15) is 10.3 Å². The average molecular weight is 249 g/mol. The highest BCUT2D eigenvalue weighted by molar-refractivity contribution is 7.71. The number of thiazole rings is 1.